The van der Waals surface area contributed by atoms with Gasteiger partial charge in [-0.25, -0.2) is 9.59 Å². The van der Waals surface area contributed by atoms with Crippen molar-refractivity contribution in [3.63, 3.8) is 0 Å². The summed E-state index contributed by atoms with van der Waals surface area (Å²) in [6.45, 7) is 12.5. The molecule has 3 heterocycles. The Morgan fingerprint density at radius 1 is 1.25 bits per heavy atom. The molecule has 318 valence electrons. The number of nitrogens with two attached hydrogens (primary N) is 1. The molecule has 0 radical (unpaired) electrons. The van der Waals surface area contributed by atoms with E-state index in [9.17, 15) is 24.3 Å². The summed E-state index contributed by atoms with van der Waals surface area (Å²) < 4.78 is 29.4. The van der Waals surface area contributed by atoms with Crippen molar-refractivity contribution in [1.82, 2.24) is 10.2 Å². The molecule has 2 aromatic carbocycles. The number of benzene rings is 2. The number of aliphatic hydroxyl groups is 1. The highest BCUT2D eigenvalue weighted by molar-refractivity contribution is 6.35. The highest BCUT2D eigenvalue weighted by atomic mass is 35.5. The number of ether oxygens (including phenoxy) is 5. The van der Waals surface area contributed by atoms with E-state index < -0.39 is 71.6 Å². The number of esters is 1. The number of alkyl carbamates (subject to hydrolysis) is 1. The summed E-state index contributed by atoms with van der Waals surface area (Å²) in [5.41, 5.74) is 6.40. The average molecular weight is 836 g/mol. The minimum atomic E-state index is -1.86. The van der Waals surface area contributed by atoms with Gasteiger partial charge < -0.3 is 44.3 Å². The van der Waals surface area contributed by atoms with Gasteiger partial charge in [0, 0.05) is 50.9 Å². The number of aliphatic imine (C=N–C) groups is 1. The van der Waals surface area contributed by atoms with Gasteiger partial charge in [0.1, 0.15) is 40.7 Å². The number of amides is 3. The standard InChI is InChI=1S/C43H54ClN5O10/c1-11-27-28(16-17-29(45)37(27)46-12-2)39(51)48(7)25(5)40(52)58-34-21-35(50)49(8)30-19-26(20-31(55-9)36(30)44)18-23(3)14-13-15-33(56-10)43(54)22-32(57-41(53)47-43)24(4)38-42(34,6)59-38/h11-17,19-20,24-25,32-34,38,54H,1,18,21-22,45H2,2-10H3,(H,47,53)/b15-13+,23-14+,46-12?/t24-,25+,32+,33-,34+,38+,42+,43+/m1/s1. The molecular weight excluding hydrogens is 782 g/mol. The van der Waals surface area contributed by atoms with Crippen molar-refractivity contribution in [2.45, 2.75) is 95.7 Å². The van der Waals surface area contributed by atoms with Crippen LogP contribution in [0.1, 0.15) is 68.9 Å². The van der Waals surface area contributed by atoms with E-state index in [2.05, 4.69) is 16.9 Å². The van der Waals surface area contributed by atoms with E-state index in [1.165, 1.54) is 50.1 Å². The maximum absolute atomic E-state index is 14.3. The lowest BCUT2D eigenvalue weighted by molar-refractivity contribution is -0.158. The molecule has 5 rings (SSSR count). The van der Waals surface area contributed by atoms with Crippen molar-refractivity contribution < 1.29 is 48.0 Å². The van der Waals surface area contributed by atoms with Gasteiger partial charge >= 0.3 is 12.1 Å². The van der Waals surface area contributed by atoms with Crippen LogP contribution < -0.4 is 20.7 Å². The zero-order valence-electron chi connectivity index (χ0n) is 34.9. The van der Waals surface area contributed by atoms with Crippen molar-refractivity contribution in [2.24, 2.45) is 10.9 Å². The summed E-state index contributed by atoms with van der Waals surface area (Å²) >= 11 is 6.80. The topological polar surface area (TPSA) is 195 Å². The molecule has 0 saturated carbocycles. The molecule has 59 heavy (non-hydrogen) atoms. The number of hydrogen-bond acceptors (Lipinski definition) is 12. The minimum absolute atomic E-state index is 0.0787. The fourth-order valence-electron chi connectivity index (χ4n) is 7.66. The zero-order valence-corrected chi connectivity index (χ0v) is 35.7. The fraction of sp³-hybridized carbons (Fsp3) is 0.465. The zero-order chi connectivity index (χ0) is 43.6. The highest BCUT2D eigenvalue weighted by Crippen LogP contribution is 2.49. The Labute approximate surface area is 349 Å². The van der Waals surface area contributed by atoms with E-state index in [1.54, 1.807) is 64.4 Å². The predicted octanol–water partition coefficient (Wildman–Crippen LogP) is 5.78. The van der Waals surface area contributed by atoms with Crippen molar-refractivity contribution in [3.05, 3.63) is 76.4 Å². The van der Waals surface area contributed by atoms with Crippen LogP contribution >= 0.6 is 11.6 Å². The second-order valence-electron chi connectivity index (χ2n) is 15.4. The first-order valence-corrected chi connectivity index (χ1v) is 19.6. The normalized spacial score (nSPS) is 29.2. The van der Waals surface area contributed by atoms with Gasteiger partial charge in [0.15, 0.2) is 5.72 Å². The third-order valence-electron chi connectivity index (χ3n) is 11.4. The summed E-state index contributed by atoms with van der Waals surface area (Å²) in [7, 11) is 5.92. The molecule has 3 amide bonds. The average Bonchev–Trinajstić information content (AvgIpc) is 3.90. The monoisotopic (exact) mass is 835 g/mol. The maximum atomic E-state index is 14.3. The number of allylic oxidation sites excluding steroid dienone is 3. The number of fused-ring (bicyclic) bond motifs is 5. The number of anilines is 2. The van der Waals surface area contributed by atoms with Gasteiger partial charge in [0.05, 0.1) is 36.7 Å². The van der Waals surface area contributed by atoms with Gasteiger partial charge in [-0.05, 0) is 63.9 Å². The van der Waals surface area contributed by atoms with Crippen molar-refractivity contribution >= 4 is 64.8 Å². The molecule has 2 aromatic rings. The molecular formula is C43H54ClN5O10. The Morgan fingerprint density at radius 2 is 1.97 bits per heavy atom. The van der Waals surface area contributed by atoms with Crippen LogP contribution in [0, 0.1) is 5.92 Å². The first-order chi connectivity index (χ1) is 27.8. The first-order valence-electron chi connectivity index (χ1n) is 19.2. The SMILES string of the molecule is C=Cc1c(C(=O)N(C)[C@@H](C)C(=O)O[C@H]2CC(=O)N(C)c3cc(cc(OC)c3Cl)C/C(C)=C/C=C/[C@@H](OC)[C@@]3(O)C[C@H](OC(=O)N3)[C@@H](C)[C@@H]3O[C@@]23C)ccc(N)c1N=CC. The quantitative estimate of drug-likeness (QED) is 0.126. The van der Waals surface area contributed by atoms with Crippen molar-refractivity contribution in [1.29, 1.82) is 0 Å². The van der Waals surface area contributed by atoms with Gasteiger partial charge in [0.2, 0.25) is 5.91 Å². The third-order valence-corrected chi connectivity index (χ3v) is 11.8. The van der Waals surface area contributed by atoms with Crippen LogP contribution in [0.2, 0.25) is 5.02 Å². The second-order valence-corrected chi connectivity index (χ2v) is 15.7. The Kier molecular flexibility index (Phi) is 13.7. The third kappa shape index (κ3) is 9.18. The maximum Gasteiger partial charge on any atom is 0.409 e. The van der Waals surface area contributed by atoms with Gasteiger partial charge in [-0.2, -0.15) is 0 Å². The molecule has 0 unspecified atom stereocenters. The molecule has 16 heteroatoms. The number of hydrogen-bond donors (Lipinski definition) is 3. The number of nitrogen functional groups attached to an aromatic ring is 1. The summed E-state index contributed by atoms with van der Waals surface area (Å²) in [5, 5.41) is 14.5. The van der Waals surface area contributed by atoms with Gasteiger partial charge in [-0.15, -0.1) is 0 Å². The Balaban J connectivity index is 1.53. The number of epoxide rings is 1. The van der Waals surface area contributed by atoms with Crippen LogP contribution in [-0.2, 0) is 35.0 Å². The molecule has 2 fully saturated rings. The van der Waals surface area contributed by atoms with E-state index in [0.29, 0.717) is 34.8 Å². The number of methoxy groups -OCH3 is 2. The number of carbonyl (C=O) groups is 4. The summed E-state index contributed by atoms with van der Waals surface area (Å²) in [5.74, 6) is -2.03. The fourth-order valence-corrected chi connectivity index (χ4v) is 7.97. The van der Waals surface area contributed by atoms with Crippen LogP contribution in [0.4, 0.5) is 21.9 Å². The Hall–Kier alpha value is -5.22. The molecule has 0 spiro atoms. The minimum Gasteiger partial charge on any atom is -0.495 e. The number of carbonyl (C=O) groups excluding carboxylic acids is 4. The summed E-state index contributed by atoms with van der Waals surface area (Å²) in [4.78, 5) is 62.2. The van der Waals surface area contributed by atoms with E-state index in [-0.39, 0.29) is 23.4 Å². The lowest BCUT2D eigenvalue weighted by atomic mass is 9.83. The highest BCUT2D eigenvalue weighted by Gasteiger charge is 2.64. The number of likely N-dealkylation sites (N-methyl/N-ethyl adjacent to an activating group) is 1. The van der Waals surface area contributed by atoms with Crippen LogP contribution in [-0.4, -0.2) is 110 Å². The summed E-state index contributed by atoms with van der Waals surface area (Å²) in [6.07, 6.45) is 3.62. The first kappa shape index (κ1) is 44.9. The smallest absolute Gasteiger partial charge is 0.409 e. The number of halogens is 1. The van der Waals surface area contributed by atoms with Crippen LogP contribution in [0.25, 0.3) is 6.08 Å². The van der Waals surface area contributed by atoms with E-state index in [1.807, 2.05) is 13.0 Å². The lowest BCUT2D eigenvalue weighted by Crippen LogP contribution is -2.63. The van der Waals surface area contributed by atoms with Crippen LogP contribution in [0.3, 0.4) is 0 Å². The molecule has 15 nitrogen and oxygen atoms in total. The molecule has 3 aliphatic rings. The van der Waals surface area contributed by atoms with E-state index in [0.717, 1.165) is 11.1 Å². The van der Waals surface area contributed by atoms with Gasteiger partial charge in [0.25, 0.3) is 5.91 Å². The lowest BCUT2D eigenvalue weighted by Gasteiger charge is -2.42. The molecule has 0 aromatic heterocycles. The molecule has 0 aliphatic carbocycles. The molecule has 8 atom stereocenters. The number of nitrogens with zero attached hydrogens (tertiary/aromatic N) is 3. The number of nitrogens with one attached hydrogen (secondary N) is 1. The predicted molar refractivity (Wildman–Crippen MR) is 225 cm³/mol. The number of rotatable bonds is 8. The Morgan fingerprint density at radius 3 is 2.61 bits per heavy atom. The summed E-state index contributed by atoms with van der Waals surface area (Å²) in [6, 6.07) is 5.51. The largest absolute Gasteiger partial charge is 0.495 e. The van der Waals surface area contributed by atoms with Gasteiger partial charge in [-0.3, -0.25) is 19.9 Å². The van der Waals surface area contributed by atoms with Crippen molar-refractivity contribution in [2.75, 3.05) is 38.9 Å². The van der Waals surface area contributed by atoms with Gasteiger partial charge in [-0.1, -0.05) is 55.0 Å². The molecule has 4 N–H and O–H groups in total. The van der Waals surface area contributed by atoms with E-state index >= 15 is 0 Å². The van der Waals surface area contributed by atoms with Crippen LogP contribution in [0.15, 0.2) is 59.6 Å². The van der Waals surface area contributed by atoms with Crippen molar-refractivity contribution in [3.8, 4) is 5.75 Å². The molecule has 2 saturated heterocycles. The van der Waals surface area contributed by atoms with Crippen LogP contribution in [0.5, 0.6) is 5.75 Å². The van der Waals surface area contributed by atoms with E-state index in [4.69, 9.17) is 41.0 Å². The Bertz CT molecular complexity index is 2090. The molecule has 4 bridgehead atoms. The second kappa shape index (κ2) is 18.0. The molecule has 3 aliphatic heterocycles.